The SMILES string of the molecule is C/C(F)=C\C(C)(C)Cl. The van der Waals surface area contributed by atoms with E-state index >= 15 is 0 Å². The molecule has 0 saturated carbocycles. The first kappa shape index (κ1) is 7.96. The number of allylic oxidation sites excluding steroid dienone is 2. The van der Waals surface area contributed by atoms with Crippen LogP contribution in [0.2, 0.25) is 0 Å². The van der Waals surface area contributed by atoms with Gasteiger partial charge >= 0.3 is 0 Å². The van der Waals surface area contributed by atoms with Gasteiger partial charge in [-0.1, -0.05) is 0 Å². The van der Waals surface area contributed by atoms with Crippen LogP contribution in [0.4, 0.5) is 4.39 Å². The van der Waals surface area contributed by atoms with Gasteiger partial charge < -0.3 is 0 Å². The molecule has 0 aliphatic carbocycles. The van der Waals surface area contributed by atoms with Gasteiger partial charge in [0.05, 0.1) is 10.7 Å². The molecule has 2 heteroatoms. The molecule has 0 nitrogen and oxygen atoms in total. The van der Waals surface area contributed by atoms with Crippen LogP contribution < -0.4 is 0 Å². The van der Waals surface area contributed by atoms with Crippen LogP contribution in [0, 0.1) is 0 Å². The minimum Gasteiger partial charge on any atom is -0.212 e. The summed E-state index contributed by atoms with van der Waals surface area (Å²) in [7, 11) is 0. The van der Waals surface area contributed by atoms with Crippen molar-refractivity contribution in [1.29, 1.82) is 0 Å². The highest BCUT2D eigenvalue weighted by Crippen LogP contribution is 2.16. The van der Waals surface area contributed by atoms with E-state index in [4.69, 9.17) is 11.6 Å². The first-order valence-corrected chi connectivity index (χ1v) is 2.83. The van der Waals surface area contributed by atoms with Crippen molar-refractivity contribution in [3.63, 3.8) is 0 Å². The summed E-state index contributed by atoms with van der Waals surface area (Å²) in [5.41, 5.74) is 0. The van der Waals surface area contributed by atoms with Crippen molar-refractivity contribution in [1.82, 2.24) is 0 Å². The lowest BCUT2D eigenvalue weighted by Crippen LogP contribution is -2.04. The Labute approximate surface area is 54.3 Å². The van der Waals surface area contributed by atoms with E-state index in [1.54, 1.807) is 13.8 Å². The smallest absolute Gasteiger partial charge is 0.0946 e. The van der Waals surface area contributed by atoms with E-state index in [1.807, 2.05) is 0 Å². The average molecular weight is 137 g/mol. The summed E-state index contributed by atoms with van der Waals surface area (Å²) in [5.74, 6) is -0.231. The summed E-state index contributed by atoms with van der Waals surface area (Å²) in [6, 6.07) is 0. The molecule has 0 heterocycles. The predicted octanol–water partition coefficient (Wildman–Crippen LogP) is 2.88. The Morgan fingerprint density at radius 1 is 1.62 bits per heavy atom. The fourth-order valence-corrected chi connectivity index (χ4v) is 0.623. The normalized spacial score (nSPS) is 14.4. The summed E-state index contributed by atoms with van der Waals surface area (Å²) in [6.45, 7) is 4.85. The maximum absolute atomic E-state index is 12.0. The van der Waals surface area contributed by atoms with Crippen LogP contribution in [0.3, 0.4) is 0 Å². The zero-order chi connectivity index (χ0) is 6.78. The van der Waals surface area contributed by atoms with Crippen LogP contribution in [0.15, 0.2) is 11.9 Å². The van der Waals surface area contributed by atoms with Crippen LogP contribution in [0.25, 0.3) is 0 Å². The van der Waals surface area contributed by atoms with E-state index < -0.39 is 4.87 Å². The Balaban J connectivity index is 3.89. The minimum absolute atomic E-state index is 0.231. The van der Waals surface area contributed by atoms with Gasteiger partial charge in [-0.2, -0.15) is 0 Å². The molecule has 0 atom stereocenters. The molecular weight excluding hydrogens is 127 g/mol. The Morgan fingerprint density at radius 2 is 2.00 bits per heavy atom. The standard InChI is InChI=1S/C6H10ClF/c1-5(8)4-6(2,3)7/h4H,1-3H3/b5-4+. The molecule has 0 aromatic rings. The van der Waals surface area contributed by atoms with Crippen LogP contribution in [-0.4, -0.2) is 4.87 Å². The zero-order valence-corrected chi connectivity index (χ0v) is 6.09. The molecule has 0 radical (unpaired) electrons. The molecule has 0 amide bonds. The van der Waals surface area contributed by atoms with Crippen molar-refractivity contribution in [2.24, 2.45) is 0 Å². The Bertz CT molecular complexity index is 95.6. The molecule has 0 spiro atoms. The van der Waals surface area contributed by atoms with Crippen molar-refractivity contribution in [3.8, 4) is 0 Å². The monoisotopic (exact) mass is 136 g/mol. The Hall–Kier alpha value is -0.0400. The van der Waals surface area contributed by atoms with Crippen LogP contribution in [0.5, 0.6) is 0 Å². The second-order valence-corrected chi connectivity index (χ2v) is 3.27. The maximum atomic E-state index is 12.0. The van der Waals surface area contributed by atoms with Gasteiger partial charge in [0.25, 0.3) is 0 Å². The topological polar surface area (TPSA) is 0 Å². The van der Waals surface area contributed by atoms with E-state index in [0.29, 0.717) is 0 Å². The van der Waals surface area contributed by atoms with Crippen molar-refractivity contribution >= 4 is 11.6 Å². The average Bonchev–Trinajstić information content (AvgIpc) is 1.21. The molecule has 8 heavy (non-hydrogen) atoms. The number of halogens is 2. The van der Waals surface area contributed by atoms with Gasteiger partial charge in [0, 0.05) is 0 Å². The first-order valence-electron chi connectivity index (χ1n) is 2.46. The summed E-state index contributed by atoms with van der Waals surface area (Å²) < 4.78 is 12.0. The summed E-state index contributed by atoms with van der Waals surface area (Å²) >= 11 is 5.61. The van der Waals surface area contributed by atoms with Gasteiger partial charge in [0.15, 0.2) is 0 Å². The summed E-state index contributed by atoms with van der Waals surface area (Å²) in [4.78, 5) is -0.543. The van der Waals surface area contributed by atoms with E-state index in [1.165, 1.54) is 13.0 Å². The molecule has 48 valence electrons. The number of alkyl halides is 1. The molecule has 0 N–H and O–H groups in total. The third-order valence-electron chi connectivity index (χ3n) is 0.542. The van der Waals surface area contributed by atoms with Gasteiger partial charge in [-0.3, -0.25) is 0 Å². The second kappa shape index (κ2) is 2.49. The third kappa shape index (κ3) is 5.96. The highest BCUT2D eigenvalue weighted by molar-refractivity contribution is 6.24. The molecule has 0 aromatic carbocycles. The van der Waals surface area contributed by atoms with E-state index in [2.05, 4.69) is 0 Å². The molecule has 0 aliphatic heterocycles. The Morgan fingerprint density at radius 3 is 2.00 bits per heavy atom. The third-order valence-corrected chi connectivity index (χ3v) is 0.651. The lowest BCUT2D eigenvalue weighted by atomic mass is 10.2. The van der Waals surface area contributed by atoms with Gasteiger partial charge in [0.1, 0.15) is 0 Å². The lowest BCUT2D eigenvalue weighted by molar-refractivity contribution is 0.625. The largest absolute Gasteiger partial charge is 0.212 e. The van der Waals surface area contributed by atoms with Gasteiger partial charge in [-0.05, 0) is 26.8 Å². The summed E-state index contributed by atoms with van der Waals surface area (Å²) in [5, 5.41) is 0. The number of hydrogen-bond acceptors (Lipinski definition) is 0. The maximum Gasteiger partial charge on any atom is 0.0946 e. The van der Waals surface area contributed by atoms with Crippen LogP contribution in [-0.2, 0) is 0 Å². The van der Waals surface area contributed by atoms with Gasteiger partial charge in [-0.15, -0.1) is 11.6 Å². The number of hydrogen-bond donors (Lipinski definition) is 0. The highest BCUT2D eigenvalue weighted by atomic mass is 35.5. The predicted molar refractivity (Wildman–Crippen MR) is 34.8 cm³/mol. The first-order chi connectivity index (χ1) is 3.42. The van der Waals surface area contributed by atoms with Crippen molar-refractivity contribution < 1.29 is 4.39 Å². The Kier molecular flexibility index (Phi) is 2.48. The highest BCUT2D eigenvalue weighted by Gasteiger charge is 2.08. The molecular formula is C6H10ClF. The van der Waals surface area contributed by atoms with Gasteiger partial charge in [0.2, 0.25) is 0 Å². The second-order valence-electron chi connectivity index (χ2n) is 2.30. The van der Waals surface area contributed by atoms with Crippen LogP contribution in [0.1, 0.15) is 20.8 Å². The van der Waals surface area contributed by atoms with Crippen molar-refractivity contribution in [3.05, 3.63) is 11.9 Å². The minimum atomic E-state index is -0.543. The molecule has 0 aromatic heterocycles. The van der Waals surface area contributed by atoms with Crippen molar-refractivity contribution in [2.45, 2.75) is 25.6 Å². The van der Waals surface area contributed by atoms with Crippen LogP contribution >= 0.6 is 11.6 Å². The summed E-state index contributed by atoms with van der Waals surface area (Å²) in [6.07, 6.45) is 1.37. The van der Waals surface area contributed by atoms with E-state index in [0.717, 1.165) is 0 Å². The zero-order valence-electron chi connectivity index (χ0n) is 5.33. The molecule has 0 aliphatic rings. The fourth-order valence-electron chi connectivity index (χ4n) is 0.473. The van der Waals surface area contributed by atoms with E-state index in [-0.39, 0.29) is 5.83 Å². The van der Waals surface area contributed by atoms with Gasteiger partial charge in [-0.25, -0.2) is 4.39 Å². The van der Waals surface area contributed by atoms with Crippen molar-refractivity contribution in [2.75, 3.05) is 0 Å². The quantitative estimate of drug-likeness (QED) is 0.487. The number of rotatable bonds is 1. The van der Waals surface area contributed by atoms with E-state index in [9.17, 15) is 4.39 Å². The lowest BCUT2D eigenvalue weighted by Gasteiger charge is -2.07. The fraction of sp³-hybridized carbons (Fsp3) is 0.667. The molecule has 0 rings (SSSR count). The molecule has 0 fully saturated rings. The molecule has 0 unspecified atom stereocenters. The molecule has 0 saturated heterocycles. The molecule has 0 bridgehead atoms.